The van der Waals surface area contributed by atoms with Gasteiger partial charge in [-0.25, -0.2) is 4.98 Å². The minimum atomic E-state index is 0. The van der Waals surface area contributed by atoms with Crippen LogP contribution in [0.1, 0.15) is 0 Å². The van der Waals surface area contributed by atoms with E-state index in [4.69, 9.17) is 11.6 Å². The molecule has 0 bridgehead atoms. The first kappa shape index (κ1) is 11.5. The van der Waals surface area contributed by atoms with Crippen molar-refractivity contribution in [2.45, 2.75) is 0 Å². The molecule has 0 radical (unpaired) electrons. The van der Waals surface area contributed by atoms with Crippen molar-refractivity contribution in [3.8, 4) is 0 Å². The van der Waals surface area contributed by atoms with Crippen molar-refractivity contribution in [3.05, 3.63) is 22.0 Å². The molecule has 0 spiro atoms. The molecule has 0 aliphatic carbocycles. The number of halogens is 2. The zero-order chi connectivity index (χ0) is 8.72. The van der Waals surface area contributed by atoms with Gasteiger partial charge < -0.3 is 0 Å². The monoisotopic (exact) mass is 269 g/mol. The average molecular weight is 270 g/mol. The zero-order valence-electron chi connectivity index (χ0n) is 6.25. The molecule has 3 nitrogen and oxygen atoms in total. The third kappa shape index (κ3) is 1.92. The molecule has 2 rings (SSSR count). The number of rotatable bonds is 0. The van der Waals surface area contributed by atoms with E-state index in [0.29, 0.717) is 5.15 Å². The minimum absolute atomic E-state index is 0. The van der Waals surface area contributed by atoms with Crippen molar-refractivity contribution in [3.63, 3.8) is 0 Å². The van der Waals surface area contributed by atoms with Crippen LogP contribution in [-0.2, 0) is 7.05 Å². The van der Waals surface area contributed by atoms with Crippen LogP contribution in [0.3, 0.4) is 0 Å². The van der Waals surface area contributed by atoms with Crippen molar-refractivity contribution < 1.29 is 0 Å². The molecule has 2 heterocycles. The zero-order valence-corrected chi connectivity index (χ0v) is 8.59. The number of fused-ring (bicyclic) bond motifs is 1. The molecule has 64 valence electrons. The Morgan fingerprint density at radius 1 is 1.46 bits per heavy atom. The number of hydrogen-bond acceptors (Lipinski definition) is 2. The van der Waals surface area contributed by atoms with Gasteiger partial charge in [-0.1, -0.05) is 11.6 Å². The van der Waals surface area contributed by atoms with Crippen LogP contribution in [0.4, 0.5) is 0 Å². The number of aromatic nitrogens is 3. The number of aryl methyl sites for hydroxylation is 1. The van der Waals surface area contributed by atoms with Crippen LogP contribution in [0.25, 0.3) is 10.9 Å². The van der Waals surface area contributed by atoms with Gasteiger partial charge in [-0.3, -0.25) is 4.68 Å². The van der Waals surface area contributed by atoms with Crippen molar-refractivity contribution in [1.82, 2.24) is 14.8 Å². The van der Waals surface area contributed by atoms with E-state index < -0.39 is 0 Å². The summed E-state index contributed by atoms with van der Waals surface area (Å²) in [6, 6.07) is 0. The van der Waals surface area contributed by atoms with Gasteiger partial charge in [-0.15, -0.1) is 0 Å². The quantitative estimate of drug-likeness (QED) is 0.539. The van der Waals surface area contributed by atoms with E-state index in [1.54, 1.807) is 17.1 Å². The summed E-state index contributed by atoms with van der Waals surface area (Å²) in [5, 5.41) is 5.54. The standard InChI is InChI=1S/C7H5BrClN3.Na.H/c1-12-6-4(2-11-12)5(8)3-10-7(6)9;;/h2-3H,1H3;;. The molecule has 2 aromatic rings. The van der Waals surface area contributed by atoms with Crippen LogP contribution in [-0.4, -0.2) is 44.3 Å². The van der Waals surface area contributed by atoms with E-state index in [1.807, 2.05) is 7.05 Å². The van der Waals surface area contributed by atoms with Gasteiger partial charge >= 0.3 is 29.6 Å². The van der Waals surface area contributed by atoms with Gasteiger partial charge in [-0.2, -0.15) is 5.10 Å². The SMILES string of the molecule is Cn1ncc2c(Br)cnc(Cl)c21.[NaH]. The molecule has 0 saturated carbocycles. The molecular formula is C7H6BrClN3Na. The Hall–Kier alpha value is 0.390. The average Bonchev–Trinajstić information content (AvgIpc) is 2.42. The summed E-state index contributed by atoms with van der Waals surface area (Å²) in [4.78, 5) is 4.00. The Balaban J connectivity index is 0.000000845. The molecule has 13 heavy (non-hydrogen) atoms. The Morgan fingerprint density at radius 3 is 2.77 bits per heavy atom. The predicted octanol–water partition coefficient (Wildman–Crippen LogP) is 1.74. The Bertz CT molecular complexity index is 442. The fourth-order valence-corrected chi connectivity index (χ4v) is 1.77. The molecule has 0 amide bonds. The van der Waals surface area contributed by atoms with E-state index in [2.05, 4.69) is 26.0 Å². The van der Waals surface area contributed by atoms with Gasteiger partial charge in [0.25, 0.3) is 0 Å². The molecule has 0 N–H and O–H groups in total. The van der Waals surface area contributed by atoms with Gasteiger partial charge in [0.15, 0.2) is 5.15 Å². The summed E-state index contributed by atoms with van der Waals surface area (Å²) in [5.41, 5.74) is 0.853. The molecule has 2 aromatic heterocycles. The Morgan fingerprint density at radius 2 is 2.15 bits per heavy atom. The molecule has 0 atom stereocenters. The maximum atomic E-state index is 5.88. The summed E-state index contributed by atoms with van der Waals surface area (Å²) >= 11 is 9.25. The van der Waals surface area contributed by atoms with Gasteiger partial charge in [0.1, 0.15) is 5.52 Å². The van der Waals surface area contributed by atoms with Crippen LogP contribution >= 0.6 is 27.5 Å². The van der Waals surface area contributed by atoms with Crippen LogP contribution in [0.15, 0.2) is 16.9 Å². The second kappa shape index (κ2) is 4.28. The first-order chi connectivity index (χ1) is 5.70. The second-order valence-corrected chi connectivity index (χ2v) is 3.64. The van der Waals surface area contributed by atoms with Crippen LogP contribution in [0.2, 0.25) is 5.15 Å². The van der Waals surface area contributed by atoms with E-state index in [1.165, 1.54) is 0 Å². The normalized spacial score (nSPS) is 10.1. The molecule has 6 heteroatoms. The predicted molar refractivity (Wildman–Crippen MR) is 58.4 cm³/mol. The van der Waals surface area contributed by atoms with E-state index >= 15 is 0 Å². The molecular weight excluding hydrogens is 264 g/mol. The third-order valence-corrected chi connectivity index (χ3v) is 2.59. The number of nitrogens with zero attached hydrogens (tertiary/aromatic N) is 3. The number of hydrogen-bond donors (Lipinski definition) is 0. The Labute approximate surface area is 111 Å². The van der Waals surface area contributed by atoms with Crippen LogP contribution in [0, 0.1) is 0 Å². The van der Waals surface area contributed by atoms with Gasteiger partial charge in [0.2, 0.25) is 0 Å². The molecule has 0 fully saturated rings. The fraction of sp³-hybridized carbons (Fsp3) is 0.143. The summed E-state index contributed by atoms with van der Waals surface area (Å²) in [7, 11) is 1.84. The third-order valence-electron chi connectivity index (χ3n) is 1.68. The second-order valence-electron chi connectivity index (χ2n) is 2.43. The summed E-state index contributed by atoms with van der Waals surface area (Å²) < 4.78 is 2.62. The number of pyridine rings is 1. The molecule has 0 aliphatic heterocycles. The summed E-state index contributed by atoms with van der Waals surface area (Å²) in [6.07, 6.45) is 3.43. The van der Waals surface area contributed by atoms with E-state index in [0.717, 1.165) is 15.4 Å². The first-order valence-corrected chi connectivity index (χ1v) is 4.49. The summed E-state index contributed by atoms with van der Waals surface area (Å²) in [6.45, 7) is 0. The van der Waals surface area contributed by atoms with E-state index in [9.17, 15) is 0 Å². The molecule has 0 aromatic carbocycles. The van der Waals surface area contributed by atoms with Gasteiger partial charge in [0.05, 0.1) is 6.20 Å². The topological polar surface area (TPSA) is 30.7 Å². The van der Waals surface area contributed by atoms with Crippen LogP contribution in [0.5, 0.6) is 0 Å². The fourth-order valence-electron chi connectivity index (χ4n) is 1.10. The van der Waals surface area contributed by atoms with Crippen molar-refractivity contribution in [1.29, 1.82) is 0 Å². The van der Waals surface area contributed by atoms with Crippen molar-refractivity contribution in [2.75, 3.05) is 0 Å². The van der Waals surface area contributed by atoms with Gasteiger partial charge in [-0.05, 0) is 15.9 Å². The molecule has 0 aliphatic rings. The Kier molecular flexibility index (Phi) is 3.77. The van der Waals surface area contributed by atoms with Crippen molar-refractivity contribution >= 4 is 68.0 Å². The first-order valence-electron chi connectivity index (χ1n) is 3.32. The summed E-state index contributed by atoms with van der Waals surface area (Å²) in [5.74, 6) is 0. The molecule has 0 unspecified atom stereocenters. The van der Waals surface area contributed by atoms with E-state index in [-0.39, 0.29) is 29.6 Å². The maximum absolute atomic E-state index is 5.88. The molecule has 0 saturated heterocycles. The van der Waals surface area contributed by atoms with Crippen LogP contribution < -0.4 is 0 Å². The van der Waals surface area contributed by atoms with Gasteiger partial charge in [0, 0.05) is 23.1 Å². The van der Waals surface area contributed by atoms with Crippen molar-refractivity contribution in [2.24, 2.45) is 7.05 Å².